The molecule has 1 N–H and O–H groups in total. The third-order valence-electron chi connectivity index (χ3n) is 3.32. The maximum Gasteiger partial charge on any atom is 0.116 e. The minimum absolute atomic E-state index is 0.248. The molecule has 0 saturated carbocycles. The highest BCUT2D eigenvalue weighted by Gasteiger charge is 2.07. The van der Waals surface area contributed by atoms with Gasteiger partial charge in [0.2, 0.25) is 0 Å². The van der Waals surface area contributed by atoms with Crippen molar-refractivity contribution in [2.75, 3.05) is 20.0 Å². The minimum atomic E-state index is -1.29. The van der Waals surface area contributed by atoms with Crippen molar-refractivity contribution >= 4 is 35.2 Å². The lowest BCUT2D eigenvalue weighted by atomic mass is 10.1. The Labute approximate surface area is 144 Å². The molecule has 0 aromatic heterocycles. The first-order chi connectivity index (χ1) is 11.5. The van der Waals surface area contributed by atoms with Crippen molar-refractivity contribution in [1.82, 2.24) is 10.2 Å². The average molecular weight is 341 g/mol. The lowest BCUT2D eigenvalue weighted by Crippen LogP contribution is -2.16. The molecule has 7 heteroatoms. The second kappa shape index (κ2) is 8.22. The van der Waals surface area contributed by atoms with E-state index in [1.165, 1.54) is 6.26 Å². The quantitative estimate of drug-likeness (QED) is 0.854. The van der Waals surface area contributed by atoms with Crippen LogP contribution in [0, 0.1) is 11.3 Å². The Morgan fingerprint density at radius 2 is 2.12 bits per heavy atom. The first-order valence-corrected chi connectivity index (χ1v) is 8.83. The fraction of sp³-hybridized carbons (Fsp3) is 0.235. The molecule has 1 atom stereocenters. The lowest BCUT2D eigenvalue weighted by Gasteiger charge is -2.10. The summed E-state index contributed by atoms with van der Waals surface area (Å²) >= 11 is 0. The molecule has 0 amide bonds. The van der Waals surface area contributed by atoms with E-state index in [-0.39, 0.29) is 4.91 Å². The van der Waals surface area contributed by atoms with Gasteiger partial charge in [0.15, 0.2) is 0 Å². The standard InChI is InChI=1S/C17H19N5OS/c1-13-17(21-12-22(2)11-19-10-20-13)15-6-4-14(5-7-15)8-16(9-18)24(3)23/h4-8,10,12H,11H2,1-3H3,(H,19,20)/b16-8+,17-13+,21-12?. The largest absolute Gasteiger partial charge is 0.348 e. The van der Waals surface area contributed by atoms with E-state index in [0.717, 1.165) is 22.5 Å². The summed E-state index contributed by atoms with van der Waals surface area (Å²) in [6, 6.07) is 9.56. The number of hydrogen-bond acceptors (Lipinski definition) is 6. The van der Waals surface area contributed by atoms with E-state index in [0.29, 0.717) is 6.67 Å². The Morgan fingerprint density at radius 3 is 2.75 bits per heavy atom. The smallest absolute Gasteiger partial charge is 0.116 e. The van der Waals surface area contributed by atoms with E-state index in [9.17, 15) is 4.21 Å². The molecule has 1 aliphatic rings. The molecule has 6 nitrogen and oxygen atoms in total. The second-order valence-electron chi connectivity index (χ2n) is 5.27. The van der Waals surface area contributed by atoms with E-state index in [1.54, 1.807) is 18.8 Å². The molecule has 0 radical (unpaired) electrons. The van der Waals surface area contributed by atoms with Crippen LogP contribution < -0.4 is 5.32 Å². The summed E-state index contributed by atoms with van der Waals surface area (Å²) in [6.45, 7) is 2.47. The van der Waals surface area contributed by atoms with Gasteiger partial charge in [-0.25, -0.2) is 4.99 Å². The van der Waals surface area contributed by atoms with Crippen LogP contribution in [-0.4, -0.2) is 41.8 Å². The van der Waals surface area contributed by atoms with Crippen molar-refractivity contribution in [3.8, 4) is 6.07 Å². The average Bonchev–Trinajstić information content (AvgIpc) is 2.64. The van der Waals surface area contributed by atoms with Crippen LogP contribution in [0.25, 0.3) is 11.8 Å². The molecule has 1 aromatic carbocycles. The van der Waals surface area contributed by atoms with E-state index in [4.69, 9.17) is 5.26 Å². The van der Waals surface area contributed by atoms with Crippen molar-refractivity contribution < 1.29 is 4.21 Å². The number of nitrogens with one attached hydrogen (secondary N) is 1. The third-order valence-corrected chi connectivity index (χ3v) is 4.15. The highest BCUT2D eigenvalue weighted by Crippen LogP contribution is 2.21. The monoisotopic (exact) mass is 341 g/mol. The molecule has 1 unspecified atom stereocenters. The molecular formula is C17H19N5OS. The molecule has 2 rings (SSSR count). The van der Waals surface area contributed by atoms with Crippen LogP contribution in [-0.2, 0) is 10.8 Å². The van der Waals surface area contributed by atoms with Gasteiger partial charge in [-0.05, 0) is 18.6 Å². The Balaban J connectivity index is 2.35. The highest BCUT2D eigenvalue weighted by atomic mass is 32.2. The Morgan fingerprint density at radius 1 is 1.42 bits per heavy atom. The predicted molar refractivity (Wildman–Crippen MR) is 99.4 cm³/mol. The zero-order valence-electron chi connectivity index (χ0n) is 13.9. The Hall–Kier alpha value is -2.72. The van der Waals surface area contributed by atoms with Crippen LogP contribution in [0.4, 0.5) is 0 Å². The molecule has 1 aromatic rings. The summed E-state index contributed by atoms with van der Waals surface area (Å²) in [5, 5.41) is 12.1. The van der Waals surface area contributed by atoms with Crippen LogP contribution in [0.5, 0.6) is 0 Å². The summed E-state index contributed by atoms with van der Waals surface area (Å²) in [4.78, 5) is 10.9. The van der Waals surface area contributed by atoms with E-state index >= 15 is 0 Å². The molecule has 0 fully saturated rings. The Bertz CT molecular complexity index is 784. The molecular weight excluding hydrogens is 322 g/mol. The van der Waals surface area contributed by atoms with Crippen molar-refractivity contribution in [3.05, 3.63) is 46.0 Å². The molecule has 1 heterocycles. The van der Waals surface area contributed by atoms with E-state index < -0.39 is 10.8 Å². The van der Waals surface area contributed by atoms with Gasteiger partial charge in [0.05, 0.1) is 29.2 Å². The number of rotatable bonds is 3. The van der Waals surface area contributed by atoms with Crippen LogP contribution in [0.3, 0.4) is 0 Å². The van der Waals surface area contributed by atoms with Crippen molar-refractivity contribution in [2.45, 2.75) is 6.92 Å². The van der Waals surface area contributed by atoms with Gasteiger partial charge in [0, 0.05) is 24.6 Å². The number of benzene rings is 1. The van der Waals surface area contributed by atoms with Gasteiger partial charge in [-0.15, -0.1) is 0 Å². The fourth-order valence-corrected chi connectivity index (χ4v) is 2.46. The predicted octanol–water partition coefficient (Wildman–Crippen LogP) is 2.17. The zero-order chi connectivity index (χ0) is 17.5. The summed E-state index contributed by atoms with van der Waals surface area (Å²) in [7, 11) is 0.612. The number of aliphatic imine (C=N–C) groups is 2. The van der Waals surface area contributed by atoms with Gasteiger partial charge in [0.25, 0.3) is 0 Å². The fourth-order valence-electron chi connectivity index (χ4n) is 2.03. The van der Waals surface area contributed by atoms with Gasteiger partial charge >= 0.3 is 0 Å². The molecule has 124 valence electrons. The molecule has 0 spiro atoms. The maximum atomic E-state index is 11.4. The summed E-state index contributed by atoms with van der Waals surface area (Å²) < 4.78 is 11.4. The second-order valence-corrected chi connectivity index (χ2v) is 6.62. The SMILES string of the molecule is C/C1=C(/c2ccc(/C=C(\C#N)S(C)=O)cc2)N=CN(C)C/N=C\N1. The van der Waals surface area contributed by atoms with Crippen LogP contribution in [0.1, 0.15) is 18.1 Å². The van der Waals surface area contributed by atoms with Crippen molar-refractivity contribution in [2.24, 2.45) is 9.98 Å². The molecule has 24 heavy (non-hydrogen) atoms. The van der Waals surface area contributed by atoms with Gasteiger partial charge < -0.3 is 10.2 Å². The van der Waals surface area contributed by atoms with E-state index in [1.807, 2.05) is 49.2 Å². The Kier molecular flexibility index (Phi) is 6.04. The number of nitriles is 1. The zero-order valence-corrected chi connectivity index (χ0v) is 14.7. The number of hydrogen-bond donors (Lipinski definition) is 1. The molecule has 1 aliphatic heterocycles. The van der Waals surface area contributed by atoms with Gasteiger partial charge in [-0.3, -0.25) is 9.20 Å². The normalized spacial score (nSPS) is 21.1. The molecule has 0 saturated heterocycles. The first kappa shape index (κ1) is 17.6. The minimum Gasteiger partial charge on any atom is -0.348 e. The topological polar surface area (TPSA) is 80.8 Å². The molecule has 0 aliphatic carbocycles. The van der Waals surface area contributed by atoms with E-state index in [2.05, 4.69) is 15.3 Å². The first-order valence-electron chi connectivity index (χ1n) is 7.27. The highest BCUT2D eigenvalue weighted by molar-refractivity contribution is 7.88. The summed E-state index contributed by atoms with van der Waals surface area (Å²) in [6.07, 6.45) is 6.53. The van der Waals surface area contributed by atoms with Crippen LogP contribution >= 0.6 is 0 Å². The van der Waals surface area contributed by atoms with Gasteiger partial charge in [-0.2, -0.15) is 5.26 Å². The van der Waals surface area contributed by atoms with Crippen LogP contribution in [0.2, 0.25) is 0 Å². The third kappa shape index (κ3) is 4.64. The number of nitrogens with zero attached hydrogens (tertiary/aromatic N) is 4. The number of allylic oxidation sites excluding steroid dienone is 2. The molecule has 0 bridgehead atoms. The van der Waals surface area contributed by atoms with Gasteiger partial charge in [0.1, 0.15) is 17.6 Å². The summed E-state index contributed by atoms with van der Waals surface area (Å²) in [5.74, 6) is 0. The lowest BCUT2D eigenvalue weighted by molar-refractivity contribution is 0.540. The van der Waals surface area contributed by atoms with Gasteiger partial charge in [-0.1, -0.05) is 24.3 Å². The van der Waals surface area contributed by atoms with Crippen LogP contribution in [0.15, 0.2) is 44.9 Å². The van der Waals surface area contributed by atoms with Crippen molar-refractivity contribution in [3.63, 3.8) is 0 Å². The maximum absolute atomic E-state index is 11.4. The summed E-state index contributed by atoms with van der Waals surface area (Å²) in [5.41, 5.74) is 3.46. The van der Waals surface area contributed by atoms with Crippen molar-refractivity contribution in [1.29, 1.82) is 5.26 Å².